The summed E-state index contributed by atoms with van der Waals surface area (Å²) in [4.78, 5) is 25.3. The maximum absolute atomic E-state index is 12.8. The van der Waals surface area contributed by atoms with Crippen LogP contribution in [0.2, 0.25) is 0 Å². The minimum atomic E-state index is -0.168. The maximum atomic E-state index is 12.8. The molecule has 0 aliphatic heterocycles. The molecule has 0 spiro atoms. The van der Waals surface area contributed by atoms with Gasteiger partial charge >= 0.3 is 0 Å². The average Bonchev–Trinajstić information content (AvgIpc) is 3.18. The van der Waals surface area contributed by atoms with Crippen LogP contribution in [-0.2, 0) is 23.8 Å². The number of aromatic nitrogens is 3. The zero-order valence-electron chi connectivity index (χ0n) is 17.9. The molecule has 1 N–H and O–H groups in total. The summed E-state index contributed by atoms with van der Waals surface area (Å²) in [5, 5.41) is 7.35. The van der Waals surface area contributed by atoms with Gasteiger partial charge in [-0.15, -0.1) is 0 Å². The fourth-order valence-corrected chi connectivity index (χ4v) is 3.38. The van der Waals surface area contributed by atoms with E-state index in [2.05, 4.69) is 31.2 Å². The van der Waals surface area contributed by atoms with Crippen molar-refractivity contribution in [2.24, 2.45) is 7.05 Å². The van der Waals surface area contributed by atoms with Gasteiger partial charge in [-0.2, -0.15) is 5.10 Å². The minimum absolute atomic E-state index is 0.0568. The third kappa shape index (κ3) is 4.47. The van der Waals surface area contributed by atoms with Crippen molar-refractivity contribution in [3.63, 3.8) is 0 Å². The Morgan fingerprint density at radius 3 is 2.28 bits per heavy atom. The maximum Gasteiger partial charge on any atom is 0.231 e. The van der Waals surface area contributed by atoms with Crippen LogP contribution in [-0.4, -0.2) is 26.0 Å². The van der Waals surface area contributed by atoms with E-state index in [0.29, 0.717) is 17.1 Å². The highest BCUT2D eigenvalue weighted by Crippen LogP contribution is 2.19. The van der Waals surface area contributed by atoms with Gasteiger partial charge in [-0.1, -0.05) is 29.8 Å². The monoisotopic (exact) mass is 392 g/mol. The summed E-state index contributed by atoms with van der Waals surface area (Å²) in [6, 6.07) is 12.9. The lowest BCUT2D eigenvalue weighted by molar-refractivity contribution is -0.115. The third-order valence-electron chi connectivity index (χ3n) is 4.90. The van der Waals surface area contributed by atoms with E-state index in [0.717, 1.165) is 17.0 Å². The lowest BCUT2D eigenvalue weighted by atomic mass is 10.1. The first-order valence-electron chi connectivity index (χ1n) is 9.69. The number of ketones is 1. The SMILES string of the molecule is Cc1ccc(C(=O)c2ccc(CC(=O)Nc3cc(C)n(C(C)(C)C)n3)n2C)cc1. The Labute approximate surface area is 171 Å². The van der Waals surface area contributed by atoms with Crippen LogP contribution in [0.25, 0.3) is 0 Å². The van der Waals surface area contributed by atoms with Gasteiger partial charge in [0.05, 0.1) is 17.7 Å². The first-order valence-corrected chi connectivity index (χ1v) is 9.69. The molecule has 0 unspecified atom stereocenters. The fourth-order valence-electron chi connectivity index (χ4n) is 3.38. The number of carbonyl (C=O) groups is 2. The average molecular weight is 393 g/mol. The Morgan fingerprint density at radius 2 is 1.69 bits per heavy atom. The van der Waals surface area contributed by atoms with Crippen LogP contribution >= 0.6 is 0 Å². The predicted octanol–water partition coefficient (Wildman–Crippen LogP) is 4.01. The molecule has 1 amide bonds. The molecular formula is C23H28N4O2. The zero-order chi connectivity index (χ0) is 21.3. The molecule has 3 rings (SSSR count). The smallest absolute Gasteiger partial charge is 0.231 e. The molecule has 2 aromatic heterocycles. The van der Waals surface area contributed by atoms with Gasteiger partial charge in [0.15, 0.2) is 5.82 Å². The Bertz CT molecular complexity index is 1050. The minimum Gasteiger partial charge on any atom is -0.344 e. The molecule has 2 heterocycles. The molecule has 6 heteroatoms. The Balaban J connectivity index is 1.72. The van der Waals surface area contributed by atoms with E-state index in [4.69, 9.17) is 0 Å². The second-order valence-electron chi connectivity index (χ2n) is 8.44. The number of hydrogen-bond acceptors (Lipinski definition) is 3. The summed E-state index contributed by atoms with van der Waals surface area (Å²) in [5.74, 6) is 0.311. The third-order valence-corrected chi connectivity index (χ3v) is 4.90. The molecule has 0 atom stereocenters. The number of benzene rings is 1. The predicted molar refractivity (Wildman–Crippen MR) is 114 cm³/mol. The molecule has 0 fully saturated rings. The summed E-state index contributed by atoms with van der Waals surface area (Å²) in [7, 11) is 1.81. The van der Waals surface area contributed by atoms with Crippen molar-refractivity contribution in [1.29, 1.82) is 0 Å². The van der Waals surface area contributed by atoms with Crippen molar-refractivity contribution in [2.45, 2.75) is 46.6 Å². The molecule has 0 aliphatic carbocycles. The highest BCUT2D eigenvalue weighted by Gasteiger charge is 2.19. The summed E-state index contributed by atoms with van der Waals surface area (Å²) < 4.78 is 3.67. The van der Waals surface area contributed by atoms with Crippen molar-refractivity contribution in [3.05, 3.63) is 70.7 Å². The van der Waals surface area contributed by atoms with E-state index in [-0.39, 0.29) is 23.7 Å². The van der Waals surface area contributed by atoms with Gasteiger partial charge in [0.2, 0.25) is 11.7 Å². The standard InChI is InChI=1S/C23H28N4O2/c1-15-7-9-17(10-8-15)22(29)19-12-11-18(26(19)6)14-21(28)24-20-13-16(2)27(25-20)23(3,4)5/h7-13H,14H2,1-6H3,(H,24,25,28). The van der Waals surface area contributed by atoms with Crippen LogP contribution in [0.15, 0.2) is 42.5 Å². The molecule has 3 aromatic rings. The van der Waals surface area contributed by atoms with Gasteiger partial charge in [0, 0.05) is 30.1 Å². The number of nitrogens with zero attached hydrogens (tertiary/aromatic N) is 3. The second-order valence-corrected chi connectivity index (χ2v) is 8.44. The molecule has 6 nitrogen and oxygen atoms in total. The summed E-state index contributed by atoms with van der Waals surface area (Å²) in [6.07, 6.45) is 0.166. The van der Waals surface area contributed by atoms with Crippen LogP contribution in [0.3, 0.4) is 0 Å². The number of hydrogen-bond donors (Lipinski definition) is 1. The van der Waals surface area contributed by atoms with E-state index in [1.165, 1.54) is 0 Å². The molecular weight excluding hydrogens is 364 g/mol. The quantitative estimate of drug-likeness (QED) is 0.667. The Morgan fingerprint density at radius 1 is 1.03 bits per heavy atom. The van der Waals surface area contributed by atoms with Crippen molar-refractivity contribution in [2.75, 3.05) is 5.32 Å². The van der Waals surface area contributed by atoms with E-state index >= 15 is 0 Å². The second kappa shape index (κ2) is 7.70. The lowest BCUT2D eigenvalue weighted by Gasteiger charge is -2.21. The molecule has 152 valence electrons. The number of anilines is 1. The summed E-state index contributed by atoms with van der Waals surface area (Å²) in [6.45, 7) is 10.1. The van der Waals surface area contributed by atoms with Crippen LogP contribution in [0, 0.1) is 13.8 Å². The van der Waals surface area contributed by atoms with Crippen molar-refractivity contribution >= 4 is 17.5 Å². The molecule has 0 radical (unpaired) electrons. The Kier molecular flexibility index (Phi) is 5.46. The van der Waals surface area contributed by atoms with Crippen LogP contribution in [0.4, 0.5) is 5.82 Å². The number of aryl methyl sites for hydroxylation is 2. The lowest BCUT2D eigenvalue weighted by Crippen LogP contribution is -2.24. The molecule has 0 bridgehead atoms. The van der Waals surface area contributed by atoms with Gasteiger partial charge in [-0.25, -0.2) is 0 Å². The Hall–Kier alpha value is -3.15. The number of carbonyl (C=O) groups excluding carboxylic acids is 2. The first-order chi connectivity index (χ1) is 13.6. The van der Waals surface area contributed by atoms with Gasteiger partial charge in [0.25, 0.3) is 0 Å². The molecule has 0 aliphatic rings. The van der Waals surface area contributed by atoms with Crippen LogP contribution in [0.5, 0.6) is 0 Å². The topological polar surface area (TPSA) is 68.9 Å². The van der Waals surface area contributed by atoms with Gasteiger partial charge in [0.1, 0.15) is 0 Å². The number of nitrogens with one attached hydrogen (secondary N) is 1. The van der Waals surface area contributed by atoms with Gasteiger partial charge in [-0.3, -0.25) is 14.3 Å². The molecule has 29 heavy (non-hydrogen) atoms. The van der Waals surface area contributed by atoms with Crippen molar-refractivity contribution in [1.82, 2.24) is 14.3 Å². The molecule has 0 saturated heterocycles. The van der Waals surface area contributed by atoms with E-state index in [1.54, 1.807) is 10.6 Å². The van der Waals surface area contributed by atoms with Crippen LogP contribution in [0.1, 0.15) is 53.8 Å². The van der Waals surface area contributed by atoms with Gasteiger partial charge < -0.3 is 9.88 Å². The van der Waals surface area contributed by atoms with E-state index in [1.807, 2.05) is 62.0 Å². The summed E-state index contributed by atoms with van der Waals surface area (Å²) in [5.41, 5.74) is 3.90. The highest BCUT2D eigenvalue weighted by molar-refractivity contribution is 6.08. The van der Waals surface area contributed by atoms with Gasteiger partial charge in [-0.05, 0) is 46.8 Å². The number of rotatable bonds is 5. The van der Waals surface area contributed by atoms with Crippen molar-refractivity contribution in [3.8, 4) is 0 Å². The van der Waals surface area contributed by atoms with Crippen molar-refractivity contribution < 1.29 is 9.59 Å². The molecule has 1 aromatic carbocycles. The highest BCUT2D eigenvalue weighted by atomic mass is 16.1. The normalized spacial score (nSPS) is 11.5. The summed E-state index contributed by atoms with van der Waals surface area (Å²) >= 11 is 0. The first kappa shape index (κ1) is 20.6. The fraction of sp³-hybridized carbons (Fsp3) is 0.348. The van der Waals surface area contributed by atoms with Crippen LogP contribution < -0.4 is 5.32 Å². The largest absolute Gasteiger partial charge is 0.344 e. The zero-order valence-corrected chi connectivity index (χ0v) is 17.9. The van der Waals surface area contributed by atoms with E-state index in [9.17, 15) is 9.59 Å². The molecule has 0 saturated carbocycles. The number of amides is 1. The van der Waals surface area contributed by atoms with E-state index < -0.39 is 0 Å².